The zero-order chi connectivity index (χ0) is 21.2. The van der Waals surface area contributed by atoms with Crippen LogP contribution in [-0.4, -0.2) is 34.9 Å². The molecule has 0 bridgehead atoms. The van der Waals surface area contributed by atoms with Crippen molar-refractivity contribution in [3.8, 4) is 0 Å². The van der Waals surface area contributed by atoms with Gasteiger partial charge in [0.25, 0.3) is 5.91 Å². The van der Waals surface area contributed by atoms with Gasteiger partial charge in [0, 0.05) is 18.5 Å². The van der Waals surface area contributed by atoms with Gasteiger partial charge in [-0.05, 0) is 25.0 Å². The Kier molecular flexibility index (Phi) is 9.70. The van der Waals surface area contributed by atoms with Gasteiger partial charge in [-0.15, -0.1) is 11.3 Å². The molecule has 0 radical (unpaired) electrons. The molecule has 0 fully saturated rings. The van der Waals surface area contributed by atoms with E-state index in [1.165, 1.54) is 11.3 Å². The van der Waals surface area contributed by atoms with Crippen molar-refractivity contribution in [1.29, 1.82) is 0 Å². The Balaban J connectivity index is 2.06. The standard InChI is InChI=1S/C20H26Cl2N4O2S/c1-3-5-10-23-19(27)16-13-29-17(24-16)12-26(11-6-4-2)20(28)25-18-14(21)8-7-9-15(18)22/h7-9,13H,3-6,10-12H2,1-2H3,(H,23,27)(H,25,28). The first-order valence-electron chi connectivity index (χ1n) is 9.68. The summed E-state index contributed by atoms with van der Waals surface area (Å²) in [6.45, 7) is 5.62. The van der Waals surface area contributed by atoms with Gasteiger partial charge in [0.15, 0.2) is 0 Å². The van der Waals surface area contributed by atoms with Crippen LogP contribution in [0.3, 0.4) is 0 Å². The van der Waals surface area contributed by atoms with E-state index >= 15 is 0 Å². The summed E-state index contributed by atoms with van der Waals surface area (Å²) in [5, 5.41) is 8.81. The molecule has 2 rings (SSSR count). The zero-order valence-electron chi connectivity index (χ0n) is 16.6. The first kappa shape index (κ1) is 23.4. The molecule has 1 aromatic heterocycles. The van der Waals surface area contributed by atoms with Crippen LogP contribution < -0.4 is 10.6 Å². The number of benzene rings is 1. The quantitative estimate of drug-likeness (QED) is 0.442. The lowest BCUT2D eigenvalue weighted by Crippen LogP contribution is -2.35. The van der Waals surface area contributed by atoms with Crippen molar-refractivity contribution in [2.24, 2.45) is 0 Å². The van der Waals surface area contributed by atoms with Gasteiger partial charge >= 0.3 is 6.03 Å². The van der Waals surface area contributed by atoms with Gasteiger partial charge in [-0.2, -0.15) is 0 Å². The number of para-hydroxylation sites is 1. The molecule has 0 aliphatic heterocycles. The zero-order valence-corrected chi connectivity index (χ0v) is 19.0. The van der Waals surface area contributed by atoms with Crippen molar-refractivity contribution in [3.05, 3.63) is 44.3 Å². The summed E-state index contributed by atoms with van der Waals surface area (Å²) in [5.41, 5.74) is 0.767. The first-order chi connectivity index (χ1) is 14.0. The highest BCUT2D eigenvalue weighted by Gasteiger charge is 2.19. The topological polar surface area (TPSA) is 74.3 Å². The smallest absolute Gasteiger partial charge is 0.322 e. The van der Waals surface area contributed by atoms with E-state index in [0.717, 1.165) is 25.7 Å². The molecule has 0 saturated heterocycles. The summed E-state index contributed by atoms with van der Waals surface area (Å²) in [6, 6.07) is 4.75. The highest BCUT2D eigenvalue weighted by molar-refractivity contribution is 7.09. The molecule has 6 nitrogen and oxygen atoms in total. The Morgan fingerprint density at radius 3 is 2.48 bits per heavy atom. The van der Waals surface area contributed by atoms with Crippen LogP contribution >= 0.6 is 34.5 Å². The van der Waals surface area contributed by atoms with Crippen molar-refractivity contribution in [3.63, 3.8) is 0 Å². The number of aromatic nitrogens is 1. The average Bonchev–Trinajstić information content (AvgIpc) is 3.17. The number of amides is 3. The Labute approximate surface area is 185 Å². The van der Waals surface area contributed by atoms with Crippen LogP contribution in [0.2, 0.25) is 10.0 Å². The van der Waals surface area contributed by atoms with Gasteiger partial charge in [-0.25, -0.2) is 9.78 Å². The minimum atomic E-state index is -0.308. The number of rotatable bonds is 10. The first-order valence-corrected chi connectivity index (χ1v) is 11.3. The lowest BCUT2D eigenvalue weighted by Gasteiger charge is -2.22. The molecule has 0 aliphatic carbocycles. The maximum absolute atomic E-state index is 12.8. The Morgan fingerprint density at radius 2 is 1.83 bits per heavy atom. The van der Waals surface area contributed by atoms with E-state index in [-0.39, 0.29) is 11.9 Å². The van der Waals surface area contributed by atoms with Crippen LogP contribution in [0.25, 0.3) is 0 Å². The maximum atomic E-state index is 12.8. The van der Waals surface area contributed by atoms with Gasteiger partial charge in [0.2, 0.25) is 0 Å². The summed E-state index contributed by atoms with van der Waals surface area (Å²) in [7, 11) is 0. The number of urea groups is 1. The van der Waals surface area contributed by atoms with E-state index in [9.17, 15) is 9.59 Å². The minimum Gasteiger partial charge on any atom is -0.351 e. The second-order valence-electron chi connectivity index (χ2n) is 6.54. The molecule has 9 heteroatoms. The van der Waals surface area contributed by atoms with Crippen molar-refractivity contribution >= 4 is 52.2 Å². The van der Waals surface area contributed by atoms with Crippen LogP contribution in [0.15, 0.2) is 23.6 Å². The van der Waals surface area contributed by atoms with E-state index < -0.39 is 0 Å². The van der Waals surface area contributed by atoms with E-state index in [1.54, 1.807) is 28.5 Å². The summed E-state index contributed by atoms with van der Waals surface area (Å²) in [4.78, 5) is 31.0. The number of nitrogens with one attached hydrogen (secondary N) is 2. The fourth-order valence-corrected chi connectivity index (χ4v) is 3.81. The monoisotopic (exact) mass is 456 g/mol. The van der Waals surface area contributed by atoms with Crippen LogP contribution in [0, 0.1) is 0 Å². The summed E-state index contributed by atoms with van der Waals surface area (Å²) >= 11 is 13.7. The third kappa shape index (κ3) is 7.17. The van der Waals surface area contributed by atoms with Crippen LogP contribution in [0.4, 0.5) is 10.5 Å². The van der Waals surface area contributed by atoms with Crippen molar-refractivity contribution < 1.29 is 9.59 Å². The molecule has 1 heterocycles. The maximum Gasteiger partial charge on any atom is 0.322 e. The molecular weight excluding hydrogens is 431 g/mol. The number of hydrogen-bond acceptors (Lipinski definition) is 4. The molecule has 29 heavy (non-hydrogen) atoms. The molecule has 1 aromatic carbocycles. The van der Waals surface area contributed by atoms with Gasteiger partial charge in [0.1, 0.15) is 10.7 Å². The molecule has 0 atom stereocenters. The highest BCUT2D eigenvalue weighted by atomic mass is 35.5. The van der Waals surface area contributed by atoms with Gasteiger partial charge in [-0.1, -0.05) is 56.0 Å². The predicted octanol–water partition coefficient (Wildman–Crippen LogP) is 5.81. The number of anilines is 1. The molecule has 2 aromatic rings. The molecule has 2 N–H and O–H groups in total. The van der Waals surface area contributed by atoms with Crippen molar-refractivity contribution in [2.75, 3.05) is 18.4 Å². The minimum absolute atomic E-state index is 0.187. The second kappa shape index (κ2) is 12.0. The lowest BCUT2D eigenvalue weighted by molar-refractivity contribution is 0.0948. The number of unbranched alkanes of at least 4 members (excludes halogenated alkanes) is 2. The number of nitrogens with zero attached hydrogens (tertiary/aromatic N) is 2. The van der Waals surface area contributed by atoms with E-state index in [0.29, 0.717) is 46.1 Å². The van der Waals surface area contributed by atoms with Gasteiger partial charge in [-0.3, -0.25) is 4.79 Å². The van der Waals surface area contributed by atoms with Gasteiger partial charge in [0.05, 0.1) is 22.3 Å². The lowest BCUT2D eigenvalue weighted by atomic mass is 10.3. The SMILES string of the molecule is CCCCNC(=O)c1csc(CN(CCCC)C(=O)Nc2c(Cl)cccc2Cl)n1. The highest BCUT2D eigenvalue weighted by Crippen LogP contribution is 2.30. The molecule has 3 amide bonds. The molecular formula is C20H26Cl2N4O2S. The van der Waals surface area contributed by atoms with Crippen molar-refractivity contribution in [2.45, 2.75) is 46.1 Å². The molecule has 0 spiro atoms. The third-order valence-electron chi connectivity index (χ3n) is 4.19. The molecule has 0 aliphatic rings. The Bertz CT molecular complexity index is 808. The predicted molar refractivity (Wildman–Crippen MR) is 120 cm³/mol. The number of carbonyl (C=O) groups excluding carboxylic acids is 2. The molecule has 158 valence electrons. The number of thiazole rings is 1. The number of halogens is 2. The summed E-state index contributed by atoms with van der Waals surface area (Å²) in [6.07, 6.45) is 3.73. The molecule has 0 saturated carbocycles. The fourth-order valence-electron chi connectivity index (χ4n) is 2.52. The summed E-state index contributed by atoms with van der Waals surface area (Å²) < 4.78 is 0. The van der Waals surface area contributed by atoms with Crippen LogP contribution in [0.1, 0.15) is 55.0 Å². The van der Waals surface area contributed by atoms with E-state index in [2.05, 4.69) is 29.5 Å². The van der Waals surface area contributed by atoms with Crippen LogP contribution in [0.5, 0.6) is 0 Å². The van der Waals surface area contributed by atoms with E-state index in [1.807, 2.05) is 0 Å². The Morgan fingerprint density at radius 1 is 1.14 bits per heavy atom. The average molecular weight is 457 g/mol. The number of hydrogen-bond donors (Lipinski definition) is 2. The van der Waals surface area contributed by atoms with Crippen LogP contribution in [-0.2, 0) is 6.54 Å². The Hall–Kier alpha value is -1.83. The van der Waals surface area contributed by atoms with E-state index in [4.69, 9.17) is 23.2 Å². The fraction of sp³-hybridized carbons (Fsp3) is 0.450. The normalized spacial score (nSPS) is 10.6. The van der Waals surface area contributed by atoms with Gasteiger partial charge < -0.3 is 15.5 Å². The third-order valence-corrected chi connectivity index (χ3v) is 5.65. The largest absolute Gasteiger partial charge is 0.351 e. The summed E-state index contributed by atoms with van der Waals surface area (Å²) in [5.74, 6) is -0.187. The second-order valence-corrected chi connectivity index (χ2v) is 8.29. The molecule has 0 unspecified atom stereocenters. The number of carbonyl (C=O) groups is 2. The van der Waals surface area contributed by atoms with Crippen molar-refractivity contribution in [1.82, 2.24) is 15.2 Å².